The minimum absolute atomic E-state index is 0.193. The second-order valence-corrected chi connectivity index (χ2v) is 8.80. The molecule has 166 valence electrons. The van der Waals surface area contributed by atoms with Crippen molar-refractivity contribution in [2.45, 2.75) is 18.2 Å². The van der Waals surface area contributed by atoms with Gasteiger partial charge in [-0.1, -0.05) is 24.3 Å². The largest absolute Gasteiger partial charge is 0.497 e. The Bertz CT molecular complexity index is 1310. The second-order valence-electron chi connectivity index (χ2n) is 7.06. The van der Waals surface area contributed by atoms with Crippen LogP contribution in [-0.4, -0.2) is 33.7 Å². The quantitative estimate of drug-likeness (QED) is 0.404. The third kappa shape index (κ3) is 4.61. The van der Waals surface area contributed by atoms with Crippen LogP contribution in [0.15, 0.2) is 76.2 Å². The summed E-state index contributed by atoms with van der Waals surface area (Å²) in [6, 6.07) is 17.9. The van der Waals surface area contributed by atoms with E-state index in [-0.39, 0.29) is 11.4 Å². The minimum Gasteiger partial charge on any atom is -0.497 e. The van der Waals surface area contributed by atoms with Crippen molar-refractivity contribution in [3.05, 3.63) is 72.6 Å². The lowest BCUT2D eigenvalue weighted by atomic mass is 10.1. The fourth-order valence-corrected chi connectivity index (χ4v) is 4.68. The first-order chi connectivity index (χ1) is 15.5. The molecule has 0 fully saturated rings. The average Bonchev–Trinajstić information content (AvgIpc) is 3.28. The van der Waals surface area contributed by atoms with Crippen molar-refractivity contribution in [2.24, 2.45) is 0 Å². The van der Waals surface area contributed by atoms with Crippen molar-refractivity contribution >= 4 is 20.8 Å². The lowest BCUT2D eigenvalue weighted by Crippen LogP contribution is -2.26. The molecule has 1 heterocycles. The number of sulfonamides is 1. The molecule has 0 saturated heterocycles. The fourth-order valence-electron chi connectivity index (χ4n) is 3.44. The second kappa shape index (κ2) is 9.42. The number of fused-ring (bicyclic) bond motifs is 1. The summed E-state index contributed by atoms with van der Waals surface area (Å²) in [6.45, 7) is 2.59. The molecule has 0 amide bonds. The van der Waals surface area contributed by atoms with Crippen LogP contribution < -0.4 is 14.2 Å². The number of hydrogen-bond donors (Lipinski definition) is 1. The van der Waals surface area contributed by atoms with E-state index in [4.69, 9.17) is 13.9 Å². The number of hydrogen-bond acceptors (Lipinski definition) is 6. The predicted octanol–water partition coefficient (Wildman–Crippen LogP) is 4.42. The van der Waals surface area contributed by atoms with E-state index in [1.807, 2.05) is 49.4 Å². The van der Waals surface area contributed by atoms with Gasteiger partial charge in [0.05, 0.1) is 24.3 Å². The van der Waals surface area contributed by atoms with Gasteiger partial charge >= 0.3 is 0 Å². The molecule has 32 heavy (non-hydrogen) atoms. The molecule has 0 aliphatic heterocycles. The van der Waals surface area contributed by atoms with Gasteiger partial charge in [-0.3, -0.25) is 0 Å². The summed E-state index contributed by atoms with van der Waals surface area (Å²) in [4.78, 5) is 4.67. The van der Waals surface area contributed by atoms with Gasteiger partial charge in [0.2, 0.25) is 15.9 Å². The number of methoxy groups -OCH3 is 1. The summed E-state index contributed by atoms with van der Waals surface area (Å²) in [5.74, 6) is 1.88. The third-order valence-corrected chi connectivity index (χ3v) is 6.51. The number of benzene rings is 3. The summed E-state index contributed by atoms with van der Waals surface area (Å²) in [7, 11) is -2.11. The number of ether oxygens (including phenoxy) is 2. The molecule has 0 bridgehead atoms. The van der Waals surface area contributed by atoms with Crippen LogP contribution in [0.5, 0.6) is 11.5 Å². The molecule has 1 aromatic heterocycles. The third-order valence-electron chi connectivity index (χ3n) is 5.00. The maximum Gasteiger partial charge on any atom is 0.241 e. The van der Waals surface area contributed by atoms with E-state index in [1.165, 1.54) is 0 Å². The molecular formula is C24H24N2O5S. The Morgan fingerprint density at radius 2 is 1.75 bits per heavy atom. The Balaban J connectivity index is 1.46. The zero-order valence-corrected chi connectivity index (χ0v) is 18.7. The Morgan fingerprint density at radius 3 is 2.47 bits per heavy atom. The molecule has 0 atom stereocenters. The van der Waals surface area contributed by atoms with E-state index in [2.05, 4.69) is 9.71 Å². The lowest BCUT2D eigenvalue weighted by molar-refractivity contribution is 0.344. The van der Waals surface area contributed by atoms with Crippen LogP contribution in [0.4, 0.5) is 0 Å². The maximum atomic E-state index is 13.0. The number of aromatic nitrogens is 1. The van der Waals surface area contributed by atoms with Crippen molar-refractivity contribution in [2.75, 3.05) is 20.3 Å². The van der Waals surface area contributed by atoms with E-state index >= 15 is 0 Å². The molecule has 4 aromatic rings. The lowest BCUT2D eigenvalue weighted by Gasteiger charge is -2.12. The van der Waals surface area contributed by atoms with Gasteiger partial charge in [0.15, 0.2) is 0 Å². The highest BCUT2D eigenvalue weighted by molar-refractivity contribution is 7.89. The Kier molecular flexibility index (Phi) is 6.43. The molecule has 3 aromatic carbocycles. The summed E-state index contributed by atoms with van der Waals surface area (Å²) in [5, 5.41) is 1.38. The Labute approximate surface area is 187 Å². The number of nitrogens with zero attached hydrogens (tertiary/aromatic N) is 1. The van der Waals surface area contributed by atoms with Crippen LogP contribution in [0, 0.1) is 0 Å². The molecule has 0 radical (unpaired) electrons. The van der Waals surface area contributed by atoms with Crippen LogP contribution in [0.3, 0.4) is 0 Å². The number of rotatable bonds is 9. The van der Waals surface area contributed by atoms with Crippen LogP contribution in [0.2, 0.25) is 0 Å². The van der Waals surface area contributed by atoms with Crippen molar-refractivity contribution in [3.63, 3.8) is 0 Å². The van der Waals surface area contributed by atoms with Gasteiger partial charge < -0.3 is 13.9 Å². The van der Waals surface area contributed by atoms with Crippen molar-refractivity contribution in [1.29, 1.82) is 0 Å². The first kappa shape index (κ1) is 21.9. The van der Waals surface area contributed by atoms with E-state index in [9.17, 15) is 8.42 Å². The first-order valence-electron chi connectivity index (χ1n) is 10.2. The fraction of sp³-hybridized carbons (Fsp3) is 0.208. The standard InChI is InChI=1S/C24H24N2O5S/c1-3-30-22-12-13-23(21-7-5-4-6-20(21)22)32(27,28)25-15-14-18-16-31-24(26-18)17-8-10-19(29-2)11-9-17/h4-13,16,25H,3,14-15H2,1-2H3. The average molecular weight is 453 g/mol. The van der Waals surface area contributed by atoms with E-state index in [0.717, 1.165) is 16.7 Å². The first-order valence-corrected chi connectivity index (χ1v) is 11.7. The van der Waals surface area contributed by atoms with Gasteiger partial charge in [0.1, 0.15) is 17.8 Å². The Hall–Kier alpha value is -3.36. The molecule has 1 N–H and O–H groups in total. The van der Waals surface area contributed by atoms with Crippen LogP contribution >= 0.6 is 0 Å². The van der Waals surface area contributed by atoms with Crippen molar-refractivity contribution < 1.29 is 22.3 Å². The monoisotopic (exact) mass is 452 g/mol. The van der Waals surface area contributed by atoms with Crippen LogP contribution in [0.1, 0.15) is 12.6 Å². The number of nitrogens with one attached hydrogen (secondary N) is 1. The van der Waals surface area contributed by atoms with E-state index in [0.29, 0.717) is 35.7 Å². The molecule has 8 heteroatoms. The Morgan fingerprint density at radius 1 is 1.00 bits per heavy atom. The highest BCUT2D eigenvalue weighted by atomic mass is 32.2. The molecule has 4 rings (SSSR count). The SMILES string of the molecule is CCOc1ccc(S(=O)(=O)NCCc2coc(-c3ccc(OC)cc3)n2)c2ccccc12. The summed E-state index contributed by atoms with van der Waals surface area (Å²) >= 11 is 0. The molecular weight excluding hydrogens is 428 g/mol. The molecule has 0 unspecified atom stereocenters. The van der Waals surface area contributed by atoms with Gasteiger partial charge in [-0.15, -0.1) is 0 Å². The molecule has 7 nitrogen and oxygen atoms in total. The van der Waals surface area contributed by atoms with Gasteiger partial charge in [0.25, 0.3) is 0 Å². The van der Waals surface area contributed by atoms with Crippen molar-refractivity contribution in [3.8, 4) is 23.0 Å². The topological polar surface area (TPSA) is 90.7 Å². The highest BCUT2D eigenvalue weighted by Gasteiger charge is 2.19. The molecule has 0 saturated carbocycles. The van der Waals surface area contributed by atoms with Crippen LogP contribution in [-0.2, 0) is 16.4 Å². The predicted molar refractivity (Wildman–Crippen MR) is 123 cm³/mol. The van der Waals surface area contributed by atoms with Crippen LogP contribution in [0.25, 0.3) is 22.2 Å². The van der Waals surface area contributed by atoms with Crippen molar-refractivity contribution in [1.82, 2.24) is 9.71 Å². The maximum absolute atomic E-state index is 13.0. The van der Waals surface area contributed by atoms with E-state index < -0.39 is 10.0 Å². The van der Waals surface area contributed by atoms with Gasteiger partial charge in [-0.2, -0.15) is 0 Å². The van der Waals surface area contributed by atoms with E-state index in [1.54, 1.807) is 31.6 Å². The normalized spacial score (nSPS) is 11.6. The van der Waals surface area contributed by atoms with Gasteiger partial charge in [-0.25, -0.2) is 18.1 Å². The summed E-state index contributed by atoms with van der Waals surface area (Å²) in [6.07, 6.45) is 1.94. The summed E-state index contributed by atoms with van der Waals surface area (Å²) < 4.78 is 45.0. The molecule has 0 aliphatic rings. The number of oxazole rings is 1. The smallest absolute Gasteiger partial charge is 0.241 e. The zero-order valence-electron chi connectivity index (χ0n) is 17.9. The molecule has 0 spiro atoms. The van der Waals surface area contributed by atoms with Gasteiger partial charge in [-0.05, 0) is 43.3 Å². The zero-order chi connectivity index (χ0) is 22.6. The van der Waals surface area contributed by atoms with Gasteiger partial charge in [0, 0.05) is 29.3 Å². The summed E-state index contributed by atoms with van der Waals surface area (Å²) in [5.41, 5.74) is 1.48. The highest BCUT2D eigenvalue weighted by Crippen LogP contribution is 2.31. The molecule has 0 aliphatic carbocycles. The minimum atomic E-state index is -3.72.